The van der Waals surface area contributed by atoms with E-state index in [4.69, 9.17) is 18.8 Å². The molecule has 2 heterocycles. The minimum atomic E-state index is -0.472. The molecule has 0 radical (unpaired) electrons. The quantitative estimate of drug-likeness (QED) is 0.435. The Morgan fingerprint density at radius 1 is 0.765 bits per heavy atom. The van der Waals surface area contributed by atoms with Gasteiger partial charge in [0.1, 0.15) is 0 Å². The van der Waals surface area contributed by atoms with Crippen molar-refractivity contribution in [2.75, 3.05) is 0 Å². The topological polar surface area (TPSA) is 25.8 Å². The molecule has 0 atom stereocenters. The normalized spacial score (nSPS) is 8.47. The molecule has 0 aromatic carbocycles. The average molecular weight is 582 g/mol. The molecule has 0 bridgehead atoms. The minimum absolute atomic E-state index is 0.472. The summed E-state index contributed by atoms with van der Waals surface area (Å²) < 4.78 is 2.14. The van der Waals surface area contributed by atoms with Gasteiger partial charge in [-0.25, -0.2) is 0 Å². The van der Waals surface area contributed by atoms with Crippen LogP contribution in [0.1, 0.15) is 0 Å². The van der Waals surface area contributed by atoms with Gasteiger partial charge in [-0.05, 0) is 24.3 Å². The van der Waals surface area contributed by atoms with Gasteiger partial charge in [0, 0.05) is 33.7 Å². The first-order valence-electron chi connectivity index (χ1n) is 4.14. The molecule has 0 N–H and O–H groups in total. The van der Waals surface area contributed by atoms with E-state index in [0.717, 1.165) is 8.95 Å². The molecule has 0 aliphatic heterocycles. The van der Waals surface area contributed by atoms with Crippen LogP contribution in [0.25, 0.3) is 0 Å². The summed E-state index contributed by atoms with van der Waals surface area (Å²) >= 11 is 6.07. The predicted octanol–water partition coefficient (Wildman–Crippen LogP) is 5.06. The Kier molecular flexibility index (Phi) is 13.4. The standard InChI is InChI=1S/2C5H4BrN.2ClH.Pt/c2*6-5-1-3-7-4-2-5;;;/h2*1-4H;2*1H;/q;;;;+2/p-2. The van der Waals surface area contributed by atoms with Crippen LogP contribution in [0.3, 0.4) is 0 Å². The Hall–Kier alpha value is 0.528. The fraction of sp³-hybridized carbons (Fsp3) is 0. The number of aromatic nitrogens is 2. The Bertz CT molecular complexity index is 341. The third-order valence-corrected chi connectivity index (χ3v) is 2.34. The number of nitrogens with zero attached hydrogens (tertiary/aromatic N) is 2. The van der Waals surface area contributed by atoms with E-state index in [1.54, 1.807) is 24.8 Å². The maximum absolute atomic E-state index is 4.88. The van der Waals surface area contributed by atoms with Gasteiger partial charge in [0.25, 0.3) is 0 Å². The Morgan fingerprint density at radius 3 is 1.12 bits per heavy atom. The van der Waals surface area contributed by atoms with Gasteiger partial charge in [0.15, 0.2) is 0 Å². The molecule has 0 amide bonds. The molecule has 2 aromatic rings. The van der Waals surface area contributed by atoms with Crippen LogP contribution >= 0.6 is 50.7 Å². The van der Waals surface area contributed by atoms with E-state index in [-0.39, 0.29) is 0 Å². The number of hydrogen-bond donors (Lipinski definition) is 0. The van der Waals surface area contributed by atoms with Crippen molar-refractivity contribution in [3.05, 3.63) is 58.0 Å². The fourth-order valence-corrected chi connectivity index (χ4v) is 1.14. The van der Waals surface area contributed by atoms with Crippen molar-refractivity contribution >= 4 is 50.7 Å². The summed E-state index contributed by atoms with van der Waals surface area (Å²) in [5, 5.41) is 0. The molecular weight excluding hydrogens is 574 g/mol. The third-order valence-electron chi connectivity index (χ3n) is 1.28. The van der Waals surface area contributed by atoms with Crippen LogP contribution in [0, 0.1) is 0 Å². The van der Waals surface area contributed by atoms with Crippen LogP contribution in [-0.2, 0) is 16.5 Å². The second kappa shape index (κ2) is 13.0. The van der Waals surface area contributed by atoms with Crippen molar-refractivity contribution in [3.63, 3.8) is 0 Å². The van der Waals surface area contributed by atoms with Crippen LogP contribution < -0.4 is 0 Å². The van der Waals surface area contributed by atoms with Gasteiger partial charge in [0.05, 0.1) is 0 Å². The molecule has 7 heteroatoms. The Labute approximate surface area is 134 Å². The van der Waals surface area contributed by atoms with Crippen LogP contribution in [-0.4, -0.2) is 9.97 Å². The van der Waals surface area contributed by atoms with E-state index in [2.05, 4.69) is 41.8 Å². The van der Waals surface area contributed by atoms with E-state index >= 15 is 0 Å². The zero-order valence-electron chi connectivity index (χ0n) is 8.34. The van der Waals surface area contributed by atoms with Crippen LogP contribution in [0.5, 0.6) is 0 Å². The van der Waals surface area contributed by atoms with E-state index in [0.29, 0.717) is 0 Å². The SMILES string of the molecule is Brc1ccncc1.Brc1ccncc1.[Cl][Pt][Cl]. The summed E-state index contributed by atoms with van der Waals surface area (Å²) in [5.41, 5.74) is 0. The average Bonchev–Trinajstić information content (AvgIpc) is 2.33. The number of pyridine rings is 2. The van der Waals surface area contributed by atoms with E-state index in [1.807, 2.05) is 24.3 Å². The first kappa shape index (κ1) is 17.5. The summed E-state index contributed by atoms with van der Waals surface area (Å²) in [6.07, 6.45) is 6.96. The van der Waals surface area contributed by atoms with E-state index < -0.39 is 16.5 Å². The van der Waals surface area contributed by atoms with Crippen molar-refractivity contribution < 1.29 is 16.5 Å². The van der Waals surface area contributed by atoms with Crippen LogP contribution in [0.2, 0.25) is 0 Å². The van der Waals surface area contributed by atoms with Crippen LogP contribution in [0.15, 0.2) is 58.0 Å². The Morgan fingerprint density at radius 2 is 1.00 bits per heavy atom. The van der Waals surface area contributed by atoms with Gasteiger partial charge in [-0.2, -0.15) is 0 Å². The summed E-state index contributed by atoms with van der Waals surface area (Å²) in [6.45, 7) is 0. The van der Waals surface area contributed by atoms with Crippen molar-refractivity contribution in [1.82, 2.24) is 9.97 Å². The summed E-state index contributed by atoms with van der Waals surface area (Å²) in [7, 11) is 9.75. The van der Waals surface area contributed by atoms with Gasteiger partial charge in [0.2, 0.25) is 0 Å². The zero-order valence-corrected chi connectivity index (χ0v) is 15.3. The predicted molar refractivity (Wildman–Crippen MR) is 75.6 cm³/mol. The summed E-state index contributed by atoms with van der Waals surface area (Å²) in [4.78, 5) is 7.63. The van der Waals surface area contributed by atoms with Crippen molar-refractivity contribution in [1.29, 1.82) is 0 Å². The second-order valence-corrected chi connectivity index (χ2v) is 7.49. The van der Waals surface area contributed by atoms with Crippen molar-refractivity contribution in [2.24, 2.45) is 0 Å². The van der Waals surface area contributed by atoms with Gasteiger partial charge >= 0.3 is 35.3 Å². The van der Waals surface area contributed by atoms with Crippen molar-refractivity contribution in [2.45, 2.75) is 0 Å². The molecule has 0 aliphatic carbocycles. The molecule has 2 aromatic heterocycles. The molecule has 0 aliphatic rings. The number of rotatable bonds is 0. The van der Waals surface area contributed by atoms with Gasteiger partial charge in [-0.1, -0.05) is 31.9 Å². The molecule has 0 fully saturated rings. The van der Waals surface area contributed by atoms with Gasteiger partial charge in [-0.15, -0.1) is 0 Å². The second-order valence-electron chi connectivity index (χ2n) is 2.38. The summed E-state index contributed by atoms with van der Waals surface area (Å²) in [5.74, 6) is 0. The third kappa shape index (κ3) is 12.8. The monoisotopic (exact) mass is 579 g/mol. The maximum atomic E-state index is 4.88. The molecule has 0 spiro atoms. The van der Waals surface area contributed by atoms with Gasteiger partial charge in [-0.3, -0.25) is 9.97 Å². The first-order valence-corrected chi connectivity index (χ1v) is 11.4. The van der Waals surface area contributed by atoms with Crippen LogP contribution in [0.4, 0.5) is 0 Å². The Balaban J connectivity index is 0.000000247. The molecule has 0 saturated heterocycles. The molecular formula is C10H8Br2Cl2N2Pt. The molecule has 2 nitrogen and oxygen atoms in total. The zero-order chi connectivity index (χ0) is 12.9. The number of halogens is 4. The van der Waals surface area contributed by atoms with Crippen molar-refractivity contribution in [3.8, 4) is 0 Å². The molecule has 0 saturated carbocycles. The molecule has 96 valence electrons. The fourth-order valence-electron chi connectivity index (χ4n) is 0.667. The molecule has 17 heavy (non-hydrogen) atoms. The first-order chi connectivity index (χ1) is 8.20. The number of hydrogen-bond acceptors (Lipinski definition) is 2. The van der Waals surface area contributed by atoms with E-state index in [9.17, 15) is 0 Å². The molecule has 2 rings (SSSR count). The molecule has 0 unspecified atom stereocenters. The summed E-state index contributed by atoms with van der Waals surface area (Å²) in [6, 6.07) is 7.56. The van der Waals surface area contributed by atoms with Gasteiger partial charge < -0.3 is 0 Å². The van der Waals surface area contributed by atoms with E-state index in [1.165, 1.54) is 0 Å².